The normalized spacial score (nSPS) is 31.2. The summed E-state index contributed by atoms with van der Waals surface area (Å²) in [4.78, 5) is 24.1. The lowest BCUT2D eigenvalue weighted by Gasteiger charge is -2.26. The molecule has 0 radical (unpaired) electrons. The Bertz CT molecular complexity index is 363. The van der Waals surface area contributed by atoms with Gasteiger partial charge in [0.1, 0.15) is 0 Å². The zero-order chi connectivity index (χ0) is 12.8. The lowest BCUT2D eigenvalue weighted by atomic mass is 10.0. The molecule has 17 heavy (non-hydrogen) atoms. The molecule has 1 N–H and O–H groups in total. The number of carbonyl (C=O) groups is 2. The molecule has 7 heteroatoms. The maximum atomic E-state index is 12.8. The number of alkyl halides is 3. The van der Waals surface area contributed by atoms with Crippen molar-refractivity contribution in [3.05, 3.63) is 0 Å². The average molecular weight is 250 g/mol. The Labute approximate surface area is 96.1 Å². The predicted molar refractivity (Wildman–Crippen MR) is 52.1 cm³/mol. The number of amides is 3. The van der Waals surface area contributed by atoms with E-state index in [1.54, 1.807) is 5.32 Å². The van der Waals surface area contributed by atoms with Crippen LogP contribution in [0, 0.1) is 0 Å². The fourth-order valence-corrected chi connectivity index (χ4v) is 2.35. The fourth-order valence-electron chi connectivity index (χ4n) is 2.35. The zero-order valence-corrected chi connectivity index (χ0v) is 9.30. The summed E-state index contributed by atoms with van der Waals surface area (Å²) in [5.41, 5.74) is -2.77. The molecule has 1 saturated carbocycles. The molecular weight excluding hydrogens is 237 g/mol. The number of imide groups is 1. The van der Waals surface area contributed by atoms with Crippen molar-refractivity contribution in [2.75, 3.05) is 0 Å². The Morgan fingerprint density at radius 2 is 1.82 bits per heavy atom. The Morgan fingerprint density at radius 1 is 1.29 bits per heavy atom. The molecule has 2 aliphatic rings. The summed E-state index contributed by atoms with van der Waals surface area (Å²) in [6.07, 6.45) is -1.91. The van der Waals surface area contributed by atoms with Gasteiger partial charge in [-0.05, 0) is 19.8 Å². The Morgan fingerprint density at radius 3 is 2.24 bits per heavy atom. The third-order valence-corrected chi connectivity index (χ3v) is 3.48. The van der Waals surface area contributed by atoms with Gasteiger partial charge in [-0.1, -0.05) is 12.8 Å². The molecule has 4 nitrogen and oxygen atoms in total. The SMILES string of the molecule is CC1(C(F)(F)F)NC(=O)N(C2CCCC2)C1=O. The molecule has 1 aliphatic carbocycles. The summed E-state index contributed by atoms with van der Waals surface area (Å²) in [6.45, 7) is 0.711. The van der Waals surface area contributed by atoms with E-state index in [0.717, 1.165) is 17.7 Å². The largest absolute Gasteiger partial charge is 0.420 e. The highest BCUT2D eigenvalue weighted by Crippen LogP contribution is 2.37. The molecule has 1 saturated heterocycles. The van der Waals surface area contributed by atoms with Gasteiger partial charge in [0.15, 0.2) is 0 Å². The van der Waals surface area contributed by atoms with Crippen LogP contribution in [0.1, 0.15) is 32.6 Å². The second kappa shape index (κ2) is 3.61. The lowest BCUT2D eigenvalue weighted by Crippen LogP contribution is -2.56. The predicted octanol–water partition coefficient (Wildman–Crippen LogP) is 1.80. The molecule has 1 unspecified atom stereocenters. The number of rotatable bonds is 1. The number of nitrogens with one attached hydrogen (secondary N) is 1. The molecule has 0 aromatic heterocycles. The molecule has 96 valence electrons. The van der Waals surface area contributed by atoms with Crippen LogP contribution >= 0.6 is 0 Å². The van der Waals surface area contributed by atoms with Gasteiger partial charge in [-0.15, -0.1) is 0 Å². The van der Waals surface area contributed by atoms with E-state index in [0.29, 0.717) is 19.8 Å². The van der Waals surface area contributed by atoms with Gasteiger partial charge >= 0.3 is 12.2 Å². The summed E-state index contributed by atoms with van der Waals surface area (Å²) in [5, 5.41) is 1.76. The second-order valence-corrected chi connectivity index (χ2v) is 4.67. The van der Waals surface area contributed by atoms with E-state index in [-0.39, 0.29) is 6.04 Å². The van der Waals surface area contributed by atoms with Crippen LogP contribution in [0.5, 0.6) is 0 Å². The van der Waals surface area contributed by atoms with Gasteiger partial charge in [-0.3, -0.25) is 9.69 Å². The first-order chi connectivity index (χ1) is 7.77. The zero-order valence-electron chi connectivity index (χ0n) is 9.30. The van der Waals surface area contributed by atoms with Crippen LogP contribution in [0.25, 0.3) is 0 Å². The van der Waals surface area contributed by atoms with E-state index < -0.39 is 23.7 Å². The number of halogens is 3. The smallest absolute Gasteiger partial charge is 0.316 e. The molecule has 3 amide bonds. The van der Waals surface area contributed by atoms with Crippen LogP contribution in [0.3, 0.4) is 0 Å². The number of hydrogen-bond donors (Lipinski definition) is 1. The van der Waals surface area contributed by atoms with Crippen molar-refractivity contribution < 1.29 is 22.8 Å². The maximum absolute atomic E-state index is 12.8. The van der Waals surface area contributed by atoms with Crippen molar-refractivity contribution in [3.8, 4) is 0 Å². The van der Waals surface area contributed by atoms with Gasteiger partial charge in [0.2, 0.25) is 5.54 Å². The lowest BCUT2D eigenvalue weighted by molar-refractivity contribution is -0.191. The number of carbonyl (C=O) groups excluding carboxylic acids is 2. The molecule has 0 spiro atoms. The monoisotopic (exact) mass is 250 g/mol. The van der Waals surface area contributed by atoms with Crippen molar-refractivity contribution in [1.29, 1.82) is 0 Å². The first-order valence-electron chi connectivity index (χ1n) is 5.50. The van der Waals surface area contributed by atoms with E-state index in [9.17, 15) is 22.8 Å². The van der Waals surface area contributed by atoms with Crippen LogP contribution in [0.15, 0.2) is 0 Å². The van der Waals surface area contributed by atoms with E-state index >= 15 is 0 Å². The average Bonchev–Trinajstić information content (AvgIpc) is 2.75. The molecular formula is C10H13F3N2O2. The van der Waals surface area contributed by atoms with Crippen molar-refractivity contribution in [3.63, 3.8) is 0 Å². The Hall–Kier alpha value is -1.27. The van der Waals surface area contributed by atoms with Crippen molar-refractivity contribution in [2.45, 2.75) is 50.4 Å². The molecule has 1 atom stereocenters. The highest BCUT2D eigenvalue weighted by atomic mass is 19.4. The van der Waals surface area contributed by atoms with Crippen molar-refractivity contribution in [1.82, 2.24) is 10.2 Å². The van der Waals surface area contributed by atoms with E-state index in [1.807, 2.05) is 0 Å². The first kappa shape index (κ1) is 12.2. The highest BCUT2D eigenvalue weighted by Gasteiger charge is 2.65. The minimum Gasteiger partial charge on any atom is -0.316 e. The summed E-state index contributed by atoms with van der Waals surface area (Å²) in [7, 11) is 0. The standard InChI is InChI=1S/C10H13F3N2O2/c1-9(10(11,12)13)7(16)15(8(17)14-9)6-4-2-3-5-6/h6H,2-5H2,1H3,(H,14,17). The summed E-state index contributed by atoms with van der Waals surface area (Å²) in [6, 6.07) is -1.31. The van der Waals surface area contributed by atoms with Gasteiger partial charge in [-0.25, -0.2) is 4.79 Å². The van der Waals surface area contributed by atoms with E-state index in [4.69, 9.17) is 0 Å². The first-order valence-corrected chi connectivity index (χ1v) is 5.50. The molecule has 2 rings (SSSR count). The minimum atomic E-state index is -4.77. The maximum Gasteiger partial charge on any atom is 0.420 e. The number of hydrogen-bond acceptors (Lipinski definition) is 2. The molecule has 0 aromatic carbocycles. The number of nitrogens with zero attached hydrogens (tertiary/aromatic N) is 1. The van der Waals surface area contributed by atoms with Crippen LogP contribution in [-0.2, 0) is 4.79 Å². The van der Waals surface area contributed by atoms with Gasteiger partial charge in [0.25, 0.3) is 5.91 Å². The van der Waals surface area contributed by atoms with Crippen LogP contribution < -0.4 is 5.32 Å². The molecule has 0 aromatic rings. The highest BCUT2D eigenvalue weighted by molar-refractivity contribution is 6.07. The van der Waals surface area contributed by atoms with Gasteiger partial charge < -0.3 is 5.32 Å². The van der Waals surface area contributed by atoms with Crippen LogP contribution in [-0.4, -0.2) is 34.6 Å². The summed E-state index contributed by atoms with van der Waals surface area (Å²) in [5.74, 6) is -1.18. The van der Waals surface area contributed by atoms with Crippen LogP contribution in [0.4, 0.5) is 18.0 Å². The van der Waals surface area contributed by atoms with E-state index in [2.05, 4.69) is 0 Å². The molecule has 1 heterocycles. The van der Waals surface area contributed by atoms with Gasteiger partial charge in [0, 0.05) is 6.04 Å². The number of urea groups is 1. The van der Waals surface area contributed by atoms with Crippen LogP contribution in [0.2, 0.25) is 0 Å². The van der Waals surface area contributed by atoms with Crippen molar-refractivity contribution in [2.24, 2.45) is 0 Å². The Kier molecular flexibility index (Phi) is 2.59. The second-order valence-electron chi connectivity index (χ2n) is 4.67. The Balaban J connectivity index is 2.28. The topological polar surface area (TPSA) is 49.4 Å². The van der Waals surface area contributed by atoms with Gasteiger partial charge in [0.05, 0.1) is 0 Å². The fraction of sp³-hybridized carbons (Fsp3) is 0.800. The molecule has 0 bridgehead atoms. The molecule has 1 aliphatic heterocycles. The summed E-state index contributed by atoms with van der Waals surface area (Å²) >= 11 is 0. The van der Waals surface area contributed by atoms with Gasteiger partial charge in [-0.2, -0.15) is 13.2 Å². The third kappa shape index (κ3) is 1.68. The minimum absolute atomic E-state index is 0.383. The quantitative estimate of drug-likeness (QED) is 0.721. The molecule has 2 fully saturated rings. The van der Waals surface area contributed by atoms with E-state index in [1.165, 1.54) is 0 Å². The van der Waals surface area contributed by atoms with Crippen molar-refractivity contribution >= 4 is 11.9 Å². The summed E-state index contributed by atoms with van der Waals surface area (Å²) < 4.78 is 38.3. The third-order valence-electron chi connectivity index (χ3n) is 3.48.